The second kappa shape index (κ2) is 9.25. The maximum Gasteiger partial charge on any atom is 0.167 e. The molecule has 0 fully saturated rings. The molecule has 0 atom stereocenters. The van der Waals surface area contributed by atoms with Crippen LogP contribution in [0, 0.1) is 0 Å². The van der Waals surface area contributed by atoms with Crippen molar-refractivity contribution in [3.63, 3.8) is 0 Å². The highest BCUT2D eigenvalue weighted by Crippen LogP contribution is 2.35. The third-order valence-corrected chi connectivity index (χ3v) is 5.90. The van der Waals surface area contributed by atoms with E-state index in [1.807, 2.05) is 24.3 Å². The smallest absolute Gasteiger partial charge is 0.167 e. The quantitative estimate of drug-likeness (QED) is 0.154. The third kappa shape index (κ3) is 4.78. The fraction of sp³-hybridized carbons (Fsp3) is 0. The summed E-state index contributed by atoms with van der Waals surface area (Å²) in [6.45, 7) is 0. The minimum Gasteiger partial charge on any atom is -0.507 e. The molecule has 0 saturated carbocycles. The Morgan fingerprint density at radius 3 is 1.48 bits per heavy atom. The van der Waals surface area contributed by atoms with Gasteiger partial charge in [-0.05, 0) is 48.5 Å². The third-order valence-electron chi connectivity index (χ3n) is 4.40. The zero-order valence-corrected chi connectivity index (χ0v) is 20.1. The molecule has 0 saturated heterocycles. The molecule has 4 rings (SSSR count). The van der Waals surface area contributed by atoms with Crippen LogP contribution in [0.1, 0.15) is 0 Å². The number of aromatic hydroxyl groups is 1. The van der Waals surface area contributed by atoms with E-state index in [2.05, 4.69) is 78.4 Å². The van der Waals surface area contributed by atoms with E-state index in [1.165, 1.54) is 6.07 Å². The van der Waals surface area contributed by atoms with Gasteiger partial charge in [0.15, 0.2) is 17.5 Å². The van der Waals surface area contributed by atoms with Crippen molar-refractivity contribution in [3.05, 3.63) is 54.6 Å². The van der Waals surface area contributed by atoms with Gasteiger partial charge in [0.1, 0.15) is 11.5 Å². The Hall–Kier alpha value is -1.98. The predicted octanol–water partition coefficient (Wildman–Crippen LogP) is 5.96. The van der Waals surface area contributed by atoms with Crippen molar-refractivity contribution < 1.29 is 9.29 Å². The van der Waals surface area contributed by atoms with Crippen molar-refractivity contribution in [2.45, 2.75) is 19.6 Å². The molecule has 0 bridgehead atoms. The van der Waals surface area contributed by atoms with E-state index in [-0.39, 0.29) is 11.6 Å². The fourth-order valence-electron chi connectivity index (χ4n) is 2.91. The molecule has 4 aromatic rings. The van der Waals surface area contributed by atoms with Crippen LogP contribution in [0.4, 0.5) is 0 Å². The van der Waals surface area contributed by atoms with Gasteiger partial charge in [-0.2, -0.15) is 0 Å². The summed E-state index contributed by atoms with van der Waals surface area (Å²) in [5, 5.41) is 10.5. The van der Waals surface area contributed by atoms with Gasteiger partial charge in [0.25, 0.3) is 0 Å². The molecule has 5 nitrogen and oxygen atoms in total. The molecule has 0 amide bonds. The maximum absolute atomic E-state index is 10.5. The van der Waals surface area contributed by atoms with Crippen molar-refractivity contribution in [1.29, 1.82) is 0 Å². The lowest BCUT2D eigenvalue weighted by Gasteiger charge is -2.12. The molecular formula is C21H15N3O2S5. The SMILES string of the molecule is Oc1cc(OS)ccc1-c1nc(-c2ccc(S)cc2S)nc(-c2ccc(S)cc2S)n1. The Labute approximate surface area is 206 Å². The van der Waals surface area contributed by atoms with E-state index in [4.69, 9.17) is 4.18 Å². The molecule has 0 aliphatic carbocycles. The lowest BCUT2D eigenvalue weighted by Crippen LogP contribution is -2.01. The molecule has 156 valence electrons. The summed E-state index contributed by atoms with van der Waals surface area (Å²) in [6.07, 6.45) is 0. The van der Waals surface area contributed by atoms with E-state index in [0.29, 0.717) is 43.9 Å². The van der Waals surface area contributed by atoms with Crippen molar-refractivity contribution in [3.8, 4) is 45.7 Å². The van der Waals surface area contributed by atoms with Crippen molar-refractivity contribution >= 4 is 63.4 Å². The highest BCUT2D eigenvalue weighted by atomic mass is 32.1. The van der Waals surface area contributed by atoms with Crippen LogP contribution in [0.2, 0.25) is 0 Å². The maximum atomic E-state index is 10.5. The van der Waals surface area contributed by atoms with E-state index in [1.54, 1.807) is 24.3 Å². The lowest BCUT2D eigenvalue weighted by molar-refractivity contribution is 0.474. The fourth-order valence-corrected chi connectivity index (χ4v) is 4.26. The second-order valence-electron chi connectivity index (χ2n) is 6.48. The molecular weight excluding hydrogens is 487 g/mol. The van der Waals surface area contributed by atoms with Gasteiger partial charge in [-0.3, -0.25) is 0 Å². The van der Waals surface area contributed by atoms with Gasteiger partial charge in [0, 0.05) is 49.7 Å². The number of rotatable bonds is 4. The standard InChI is InChI=1S/C21H15N3O2S5/c25-16-7-10(26-31)1-4-13(16)19-22-20(14-5-2-11(27)8-17(14)29)24-21(23-19)15-6-3-12(28)9-18(15)30/h1-9,25,27-31H. The molecule has 0 spiro atoms. The van der Waals surface area contributed by atoms with Gasteiger partial charge in [-0.15, -0.1) is 50.5 Å². The van der Waals surface area contributed by atoms with Gasteiger partial charge in [-0.1, -0.05) is 0 Å². The van der Waals surface area contributed by atoms with Gasteiger partial charge in [0.05, 0.1) is 5.56 Å². The van der Waals surface area contributed by atoms with Gasteiger partial charge in [-0.25, -0.2) is 15.0 Å². The molecule has 1 aromatic heterocycles. The number of hydrogen-bond donors (Lipinski definition) is 6. The number of benzene rings is 3. The normalized spacial score (nSPS) is 10.9. The number of hydrogen-bond acceptors (Lipinski definition) is 10. The molecule has 10 heteroatoms. The molecule has 0 unspecified atom stereocenters. The van der Waals surface area contributed by atoms with Crippen LogP contribution < -0.4 is 4.18 Å². The van der Waals surface area contributed by atoms with E-state index in [0.717, 1.165) is 9.79 Å². The minimum atomic E-state index is -0.0525. The highest BCUT2D eigenvalue weighted by Gasteiger charge is 2.17. The molecule has 31 heavy (non-hydrogen) atoms. The lowest BCUT2D eigenvalue weighted by atomic mass is 10.1. The molecule has 1 heterocycles. The average molecular weight is 502 g/mol. The first kappa shape index (κ1) is 22.2. The topological polar surface area (TPSA) is 68.1 Å². The molecule has 0 aliphatic heterocycles. The van der Waals surface area contributed by atoms with Crippen LogP contribution in [-0.2, 0) is 0 Å². The Balaban J connectivity index is 1.96. The van der Waals surface area contributed by atoms with E-state index in [9.17, 15) is 5.11 Å². The largest absolute Gasteiger partial charge is 0.507 e. The molecule has 0 aliphatic rings. The number of thiol groups is 5. The summed E-state index contributed by atoms with van der Waals surface area (Å²) in [5.74, 6) is 1.42. The van der Waals surface area contributed by atoms with Gasteiger partial charge < -0.3 is 9.29 Å². The van der Waals surface area contributed by atoms with E-state index < -0.39 is 0 Å². The zero-order valence-electron chi connectivity index (χ0n) is 15.6. The van der Waals surface area contributed by atoms with Crippen molar-refractivity contribution in [2.24, 2.45) is 0 Å². The van der Waals surface area contributed by atoms with Crippen LogP contribution >= 0.6 is 63.4 Å². The molecule has 3 aromatic carbocycles. The number of aromatic nitrogens is 3. The van der Waals surface area contributed by atoms with Crippen LogP contribution in [0.15, 0.2) is 74.2 Å². The van der Waals surface area contributed by atoms with Crippen molar-refractivity contribution in [1.82, 2.24) is 15.0 Å². The highest BCUT2D eigenvalue weighted by molar-refractivity contribution is 7.81. The van der Waals surface area contributed by atoms with Crippen molar-refractivity contribution in [2.75, 3.05) is 0 Å². The van der Waals surface area contributed by atoms with Crippen LogP contribution in [0.3, 0.4) is 0 Å². The van der Waals surface area contributed by atoms with Crippen LogP contribution in [-0.4, -0.2) is 20.1 Å². The summed E-state index contributed by atoms with van der Waals surface area (Å²) in [7, 11) is 0. The van der Waals surface area contributed by atoms with Crippen LogP contribution in [0.5, 0.6) is 11.5 Å². The first-order valence-corrected chi connectivity index (χ1v) is 11.0. The average Bonchev–Trinajstić information content (AvgIpc) is 2.73. The van der Waals surface area contributed by atoms with E-state index >= 15 is 0 Å². The number of phenolic OH excluding ortho intramolecular Hbond substituents is 1. The summed E-state index contributed by atoms with van der Waals surface area (Å²) in [6, 6.07) is 15.7. The minimum absolute atomic E-state index is 0.0525. The molecule has 0 radical (unpaired) electrons. The Kier molecular flexibility index (Phi) is 6.63. The predicted molar refractivity (Wildman–Crippen MR) is 136 cm³/mol. The Bertz CT molecular complexity index is 1230. The van der Waals surface area contributed by atoms with Gasteiger partial charge in [0.2, 0.25) is 0 Å². The van der Waals surface area contributed by atoms with Gasteiger partial charge >= 0.3 is 0 Å². The summed E-state index contributed by atoms with van der Waals surface area (Å²) >= 11 is 21.6. The number of nitrogens with zero attached hydrogens (tertiary/aromatic N) is 3. The first-order chi connectivity index (χ1) is 14.9. The summed E-state index contributed by atoms with van der Waals surface area (Å²) in [4.78, 5) is 16.7. The first-order valence-electron chi connectivity index (χ1n) is 8.81. The summed E-state index contributed by atoms with van der Waals surface area (Å²) in [5.41, 5.74) is 1.82. The number of phenols is 1. The Morgan fingerprint density at radius 2 is 1.06 bits per heavy atom. The zero-order chi connectivity index (χ0) is 22.1. The molecule has 1 N–H and O–H groups in total. The Morgan fingerprint density at radius 1 is 0.613 bits per heavy atom. The summed E-state index contributed by atoms with van der Waals surface area (Å²) < 4.78 is 4.87. The monoisotopic (exact) mass is 501 g/mol. The van der Waals surface area contributed by atoms with Crippen LogP contribution in [0.25, 0.3) is 34.2 Å². The second-order valence-corrected chi connectivity index (χ2v) is 8.66.